The fourth-order valence-corrected chi connectivity index (χ4v) is 3.98. The van der Waals surface area contributed by atoms with E-state index in [9.17, 15) is 9.59 Å². The Morgan fingerprint density at radius 1 is 1.36 bits per heavy atom. The van der Waals surface area contributed by atoms with Crippen LogP contribution < -0.4 is 10.2 Å². The average Bonchev–Trinajstić information content (AvgIpc) is 3.21. The molecule has 1 unspecified atom stereocenters. The average molecular weight is 356 g/mol. The highest BCUT2D eigenvalue weighted by Crippen LogP contribution is 2.29. The van der Waals surface area contributed by atoms with Crippen molar-refractivity contribution in [2.45, 2.75) is 39.7 Å². The zero-order valence-corrected chi connectivity index (χ0v) is 15.7. The molecule has 1 aliphatic rings. The highest BCUT2D eigenvalue weighted by molar-refractivity contribution is 7.09. The Labute approximate surface area is 152 Å². The van der Waals surface area contributed by atoms with Gasteiger partial charge in [-0.15, -0.1) is 11.3 Å². The van der Waals surface area contributed by atoms with Gasteiger partial charge in [-0.25, -0.2) is 0 Å². The molecule has 2 heterocycles. The monoisotopic (exact) mass is 356 g/mol. The van der Waals surface area contributed by atoms with Crippen LogP contribution in [0.2, 0.25) is 0 Å². The number of nitrogens with zero attached hydrogens (tertiary/aromatic N) is 1. The summed E-state index contributed by atoms with van der Waals surface area (Å²) in [7, 11) is 0. The largest absolute Gasteiger partial charge is 0.351 e. The third-order valence-corrected chi connectivity index (χ3v) is 5.58. The van der Waals surface area contributed by atoms with E-state index >= 15 is 0 Å². The fraction of sp³-hybridized carbons (Fsp3) is 0.400. The maximum absolute atomic E-state index is 12.4. The van der Waals surface area contributed by atoms with Crippen LogP contribution in [0.15, 0.2) is 35.7 Å². The smallest absolute Gasteiger partial charge is 0.227 e. The summed E-state index contributed by atoms with van der Waals surface area (Å²) in [6, 6.07) is 10.1. The predicted molar refractivity (Wildman–Crippen MR) is 102 cm³/mol. The van der Waals surface area contributed by atoms with E-state index in [4.69, 9.17) is 0 Å². The third-order valence-electron chi connectivity index (χ3n) is 4.70. The Morgan fingerprint density at radius 3 is 2.80 bits per heavy atom. The third kappa shape index (κ3) is 3.93. The minimum absolute atomic E-state index is 0.0213. The summed E-state index contributed by atoms with van der Waals surface area (Å²) in [5, 5.41) is 4.94. The van der Waals surface area contributed by atoms with E-state index in [2.05, 4.69) is 38.2 Å². The lowest BCUT2D eigenvalue weighted by atomic mass is 9.97. The SMILES string of the molecule is Cc1cc(N2CC(C(=O)NCc3cccs3)CC2=O)ccc1C(C)C. The van der Waals surface area contributed by atoms with Crippen LogP contribution in [0.1, 0.15) is 42.2 Å². The molecular weight excluding hydrogens is 332 g/mol. The van der Waals surface area contributed by atoms with Crippen molar-refractivity contribution in [1.29, 1.82) is 0 Å². The van der Waals surface area contributed by atoms with Crippen molar-refractivity contribution < 1.29 is 9.59 Å². The van der Waals surface area contributed by atoms with Crippen LogP contribution in [0.5, 0.6) is 0 Å². The number of anilines is 1. The summed E-state index contributed by atoms with van der Waals surface area (Å²) < 4.78 is 0. The van der Waals surface area contributed by atoms with E-state index in [0.29, 0.717) is 19.0 Å². The van der Waals surface area contributed by atoms with Crippen LogP contribution >= 0.6 is 11.3 Å². The van der Waals surface area contributed by atoms with Crippen molar-refractivity contribution in [2.24, 2.45) is 5.92 Å². The number of hydrogen-bond donors (Lipinski definition) is 1. The summed E-state index contributed by atoms with van der Waals surface area (Å²) in [5.74, 6) is 0.157. The highest BCUT2D eigenvalue weighted by atomic mass is 32.1. The van der Waals surface area contributed by atoms with Crippen molar-refractivity contribution in [3.63, 3.8) is 0 Å². The Hall–Kier alpha value is -2.14. The predicted octanol–water partition coefficient (Wildman–Crippen LogP) is 3.85. The minimum Gasteiger partial charge on any atom is -0.351 e. The van der Waals surface area contributed by atoms with Gasteiger partial charge in [0, 0.05) is 23.5 Å². The van der Waals surface area contributed by atoms with E-state index in [1.165, 1.54) is 11.1 Å². The molecule has 0 saturated carbocycles. The molecular formula is C20H24N2O2S. The van der Waals surface area contributed by atoms with Crippen molar-refractivity contribution in [1.82, 2.24) is 5.32 Å². The van der Waals surface area contributed by atoms with Crippen LogP contribution in [0.3, 0.4) is 0 Å². The molecule has 1 aromatic carbocycles. The molecule has 1 atom stereocenters. The summed E-state index contributed by atoms with van der Waals surface area (Å²) in [5.41, 5.74) is 3.37. The Kier molecular flexibility index (Phi) is 5.23. The molecule has 2 amide bonds. The second-order valence-corrected chi connectivity index (χ2v) is 7.93. The second-order valence-electron chi connectivity index (χ2n) is 6.90. The molecule has 5 heteroatoms. The lowest BCUT2D eigenvalue weighted by Gasteiger charge is -2.19. The number of carbonyl (C=O) groups excluding carboxylic acids is 2. The number of carbonyl (C=O) groups is 2. The van der Waals surface area contributed by atoms with Crippen molar-refractivity contribution in [3.05, 3.63) is 51.7 Å². The molecule has 0 spiro atoms. The topological polar surface area (TPSA) is 49.4 Å². The van der Waals surface area contributed by atoms with Crippen LogP contribution in [-0.4, -0.2) is 18.4 Å². The number of benzene rings is 1. The van der Waals surface area contributed by atoms with Gasteiger partial charge < -0.3 is 10.2 Å². The Bertz CT molecular complexity index is 768. The van der Waals surface area contributed by atoms with E-state index < -0.39 is 0 Å². The molecule has 0 bridgehead atoms. The Morgan fingerprint density at radius 2 is 2.16 bits per heavy atom. The van der Waals surface area contributed by atoms with Crippen LogP contribution in [0, 0.1) is 12.8 Å². The molecule has 25 heavy (non-hydrogen) atoms. The first-order valence-corrected chi connectivity index (χ1v) is 9.54. The number of thiophene rings is 1. The molecule has 2 aromatic rings. The molecule has 1 aliphatic heterocycles. The van der Waals surface area contributed by atoms with Crippen molar-refractivity contribution >= 4 is 28.8 Å². The molecule has 1 N–H and O–H groups in total. The number of aryl methyl sites for hydroxylation is 1. The second kappa shape index (κ2) is 7.40. The number of hydrogen-bond acceptors (Lipinski definition) is 3. The lowest BCUT2D eigenvalue weighted by Crippen LogP contribution is -2.32. The van der Waals surface area contributed by atoms with E-state index in [0.717, 1.165) is 10.6 Å². The van der Waals surface area contributed by atoms with Gasteiger partial charge in [0.15, 0.2) is 0 Å². The first-order valence-electron chi connectivity index (χ1n) is 8.66. The normalized spacial score (nSPS) is 17.4. The molecule has 0 aliphatic carbocycles. The van der Waals surface area contributed by atoms with Gasteiger partial charge in [-0.1, -0.05) is 26.0 Å². The van der Waals surface area contributed by atoms with Gasteiger partial charge in [0.1, 0.15) is 0 Å². The molecule has 4 nitrogen and oxygen atoms in total. The summed E-state index contributed by atoms with van der Waals surface area (Å²) in [6.45, 7) is 7.39. The molecule has 1 aromatic heterocycles. The van der Waals surface area contributed by atoms with Gasteiger partial charge in [-0.05, 0) is 47.5 Å². The Balaban J connectivity index is 1.66. The number of amides is 2. The van der Waals surface area contributed by atoms with Crippen LogP contribution in [0.4, 0.5) is 5.69 Å². The quantitative estimate of drug-likeness (QED) is 0.885. The van der Waals surface area contributed by atoms with E-state index in [-0.39, 0.29) is 24.2 Å². The molecule has 132 valence electrons. The summed E-state index contributed by atoms with van der Waals surface area (Å²) in [6.07, 6.45) is 0.279. The zero-order chi connectivity index (χ0) is 18.0. The fourth-order valence-electron chi connectivity index (χ4n) is 3.34. The maximum atomic E-state index is 12.4. The van der Waals surface area contributed by atoms with Gasteiger partial charge in [-0.2, -0.15) is 0 Å². The van der Waals surface area contributed by atoms with Gasteiger partial charge in [0.2, 0.25) is 11.8 Å². The van der Waals surface area contributed by atoms with Gasteiger partial charge in [0.25, 0.3) is 0 Å². The van der Waals surface area contributed by atoms with E-state index in [1.54, 1.807) is 16.2 Å². The standard InChI is InChI=1S/C20H24N2O2S/c1-13(2)18-7-6-16(9-14(18)3)22-12-15(10-19(22)23)20(24)21-11-17-5-4-8-25-17/h4-9,13,15H,10-12H2,1-3H3,(H,21,24). The zero-order valence-electron chi connectivity index (χ0n) is 14.9. The highest BCUT2D eigenvalue weighted by Gasteiger charge is 2.35. The summed E-state index contributed by atoms with van der Waals surface area (Å²) in [4.78, 5) is 27.7. The minimum atomic E-state index is -0.280. The van der Waals surface area contributed by atoms with Gasteiger partial charge >= 0.3 is 0 Å². The summed E-state index contributed by atoms with van der Waals surface area (Å²) >= 11 is 1.62. The number of rotatable bonds is 5. The first kappa shape index (κ1) is 17.7. The van der Waals surface area contributed by atoms with Crippen LogP contribution in [0.25, 0.3) is 0 Å². The number of nitrogens with one attached hydrogen (secondary N) is 1. The first-order chi connectivity index (χ1) is 12.0. The molecule has 1 saturated heterocycles. The van der Waals surface area contributed by atoms with Crippen LogP contribution in [-0.2, 0) is 16.1 Å². The lowest BCUT2D eigenvalue weighted by molar-refractivity contribution is -0.126. The van der Waals surface area contributed by atoms with Crippen molar-refractivity contribution in [3.8, 4) is 0 Å². The maximum Gasteiger partial charge on any atom is 0.227 e. The van der Waals surface area contributed by atoms with Gasteiger partial charge in [-0.3, -0.25) is 9.59 Å². The molecule has 1 fully saturated rings. The molecule has 3 rings (SSSR count). The van der Waals surface area contributed by atoms with Crippen molar-refractivity contribution in [2.75, 3.05) is 11.4 Å². The molecule has 0 radical (unpaired) electrons. The van der Waals surface area contributed by atoms with Gasteiger partial charge in [0.05, 0.1) is 12.5 Å². The van der Waals surface area contributed by atoms with E-state index in [1.807, 2.05) is 23.6 Å².